The van der Waals surface area contributed by atoms with Crippen LogP contribution in [0.25, 0.3) is 0 Å². The predicted octanol–water partition coefficient (Wildman–Crippen LogP) is 2.41. The molecule has 0 fully saturated rings. The van der Waals surface area contributed by atoms with Crippen molar-refractivity contribution in [2.45, 2.75) is 12.8 Å². The van der Waals surface area contributed by atoms with Crippen molar-refractivity contribution in [1.29, 1.82) is 5.41 Å². The van der Waals surface area contributed by atoms with Gasteiger partial charge in [-0.25, -0.2) is 0 Å². The number of hydrogen-bond acceptors (Lipinski definition) is 2. The van der Waals surface area contributed by atoms with Gasteiger partial charge in [0.2, 0.25) is 0 Å². The summed E-state index contributed by atoms with van der Waals surface area (Å²) in [6.07, 6.45) is 0. The average molecular weight is 163 g/mol. The Morgan fingerprint density at radius 3 is 2.42 bits per heavy atom. The lowest BCUT2D eigenvalue weighted by Crippen LogP contribution is -2.09. The lowest BCUT2D eigenvalue weighted by atomic mass is 10.0. The zero-order valence-electron chi connectivity index (χ0n) is 7.37. The minimum absolute atomic E-state index is 0.0520. The number of hydrogen-bond donors (Lipinski definition) is 1. The molecule has 0 aliphatic heterocycles. The Morgan fingerprint density at radius 2 is 1.92 bits per heavy atom. The van der Waals surface area contributed by atoms with Crippen LogP contribution in [0.2, 0.25) is 0 Å². The first-order chi connectivity index (χ1) is 5.75. The average Bonchev–Trinajstić information content (AvgIpc) is 2.17. The molecule has 1 aromatic carbocycles. The molecular weight excluding hydrogens is 150 g/mol. The van der Waals surface area contributed by atoms with Gasteiger partial charge in [-0.1, -0.05) is 30.3 Å². The fourth-order valence-corrected chi connectivity index (χ4v) is 1.07. The fourth-order valence-electron chi connectivity index (χ4n) is 1.07. The number of methoxy groups -OCH3 is 1. The number of benzene rings is 1. The Hall–Kier alpha value is -1.31. The normalized spacial score (nSPS) is 12.2. The third kappa shape index (κ3) is 1.84. The minimum Gasteiger partial charge on any atom is -0.484 e. The molecule has 0 amide bonds. The first-order valence-electron chi connectivity index (χ1n) is 3.93. The largest absolute Gasteiger partial charge is 0.484 e. The molecule has 0 radical (unpaired) electrons. The third-order valence-electron chi connectivity index (χ3n) is 1.91. The van der Waals surface area contributed by atoms with Gasteiger partial charge in [0.15, 0.2) is 5.90 Å². The molecule has 0 saturated heterocycles. The van der Waals surface area contributed by atoms with Gasteiger partial charge in [-0.15, -0.1) is 0 Å². The van der Waals surface area contributed by atoms with Crippen molar-refractivity contribution in [1.82, 2.24) is 0 Å². The van der Waals surface area contributed by atoms with E-state index < -0.39 is 0 Å². The molecule has 0 heterocycles. The third-order valence-corrected chi connectivity index (χ3v) is 1.91. The van der Waals surface area contributed by atoms with Crippen LogP contribution in [0.15, 0.2) is 30.3 Å². The monoisotopic (exact) mass is 163 g/mol. The second-order valence-corrected chi connectivity index (χ2v) is 2.70. The van der Waals surface area contributed by atoms with E-state index in [-0.39, 0.29) is 5.92 Å². The van der Waals surface area contributed by atoms with E-state index in [1.807, 2.05) is 37.3 Å². The quantitative estimate of drug-likeness (QED) is 0.527. The van der Waals surface area contributed by atoms with E-state index in [1.54, 1.807) is 0 Å². The molecule has 0 saturated carbocycles. The van der Waals surface area contributed by atoms with Gasteiger partial charge in [-0.05, 0) is 12.5 Å². The molecule has 0 spiro atoms. The van der Waals surface area contributed by atoms with E-state index in [9.17, 15) is 0 Å². The molecule has 64 valence electrons. The zero-order valence-corrected chi connectivity index (χ0v) is 7.37. The number of ether oxygens (including phenoxy) is 1. The van der Waals surface area contributed by atoms with Crippen molar-refractivity contribution in [3.05, 3.63) is 35.9 Å². The maximum Gasteiger partial charge on any atom is 0.187 e. The van der Waals surface area contributed by atoms with Gasteiger partial charge < -0.3 is 4.74 Å². The van der Waals surface area contributed by atoms with Crippen LogP contribution >= 0.6 is 0 Å². The van der Waals surface area contributed by atoms with Gasteiger partial charge >= 0.3 is 0 Å². The highest BCUT2D eigenvalue weighted by atomic mass is 16.5. The Labute approximate surface area is 72.7 Å². The second kappa shape index (κ2) is 3.90. The predicted molar refractivity (Wildman–Crippen MR) is 49.6 cm³/mol. The number of rotatable bonds is 2. The van der Waals surface area contributed by atoms with Crippen LogP contribution in [-0.2, 0) is 4.74 Å². The summed E-state index contributed by atoms with van der Waals surface area (Å²) in [5.74, 6) is 0.359. The fraction of sp³-hybridized carbons (Fsp3) is 0.300. The van der Waals surface area contributed by atoms with Crippen molar-refractivity contribution in [2.75, 3.05) is 7.11 Å². The molecule has 0 bridgehead atoms. The summed E-state index contributed by atoms with van der Waals surface area (Å²) < 4.78 is 4.85. The van der Waals surface area contributed by atoms with E-state index in [0.717, 1.165) is 5.56 Å². The van der Waals surface area contributed by atoms with Gasteiger partial charge in [0, 0.05) is 0 Å². The molecule has 2 heteroatoms. The molecule has 12 heavy (non-hydrogen) atoms. The summed E-state index contributed by atoms with van der Waals surface area (Å²) in [7, 11) is 1.53. The van der Waals surface area contributed by atoms with Gasteiger partial charge in [-0.3, -0.25) is 5.41 Å². The standard InChI is InChI=1S/C10H13NO/c1-8(10(11)12-2)9-6-4-3-5-7-9/h3-8,11H,1-2H3. The first-order valence-corrected chi connectivity index (χ1v) is 3.93. The molecule has 1 unspecified atom stereocenters. The van der Waals surface area contributed by atoms with Crippen molar-refractivity contribution in [3.8, 4) is 0 Å². The van der Waals surface area contributed by atoms with E-state index in [1.165, 1.54) is 7.11 Å². The maximum absolute atomic E-state index is 7.46. The van der Waals surface area contributed by atoms with E-state index >= 15 is 0 Å². The molecule has 0 aromatic heterocycles. The molecule has 1 N–H and O–H groups in total. The first kappa shape index (κ1) is 8.78. The Bertz CT molecular complexity index is 256. The molecular formula is C10H13NO. The molecule has 1 rings (SSSR count). The highest BCUT2D eigenvalue weighted by Gasteiger charge is 2.10. The van der Waals surface area contributed by atoms with E-state index in [0.29, 0.717) is 5.90 Å². The Kier molecular flexibility index (Phi) is 2.86. The van der Waals surface area contributed by atoms with Crippen LogP contribution in [0.1, 0.15) is 18.4 Å². The van der Waals surface area contributed by atoms with Crippen LogP contribution in [0.3, 0.4) is 0 Å². The summed E-state index contributed by atoms with van der Waals surface area (Å²) in [4.78, 5) is 0. The SMILES string of the molecule is COC(=N)C(C)c1ccccc1. The van der Waals surface area contributed by atoms with Crippen LogP contribution in [0.5, 0.6) is 0 Å². The summed E-state index contributed by atoms with van der Waals surface area (Å²) in [6, 6.07) is 9.90. The lowest BCUT2D eigenvalue weighted by Gasteiger charge is -2.11. The summed E-state index contributed by atoms with van der Waals surface area (Å²) in [5.41, 5.74) is 1.12. The van der Waals surface area contributed by atoms with Crippen LogP contribution in [-0.4, -0.2) is 13.0 Å². The van der Waals surface area contributed by atoms with Crippen molar-refractivity contribution in [2.24, 2.45) is 0 Å². The molecule has 1 atom stereocenters. The van der Waals surface area contributed by atoms with E-state index in [4.69, 9.17) is 10.1 Å². The van der Waals surface area contributed by atoms with Gasteiger partial charge in [0.1, 0.15) is 0 Å². The number of nitrogens with one attached hydrogen (secondary N) is 1. The topological polar surface area (TPSA) is 33.1 Å². The van der Waals surface area contributed by atoms with Crippen LogP contribution in [0, 0.1) is 5.41 Å². The maximum atomic E-state index is 7.46. The van der Waals surface area contributed by atoms with Crippen molar-refractivity contribution < 1.29 is 4.74 Å². The summed E-state index contributed by atoms with van der Waals surface area (Å²) in [5, 5.41) is 7.46. The van der Waals surface area contributed by atoms with Crippen molar-refractivity contribution in [3.63, 3.8) is 0 Å². The highest BCUT2D eigenvalue weighted by molar-refractivity contribution is 5.80. The summed E-state index contributed by atoms with van der Waals surface area (Å²) >= 11 is 0. The second-order valence-electron chi connectivity index (χ2n) is 2.70. The lowest BCUT2D eigenvalue weighted by molar-refractivity contribution is 0.380. The Balaban J connectivity index is 2.78. The molecule has 0 aliphatic rings. The molecule has 1 aromatic rings. The molecule has 2 nitrogen and oxygen atoms in total. The van der Waals surface area contributed by atoms with Crippen LogP contribution < -0.4 is 0 Å². The van der Waals surface area contributed by atoms with Gasteiger partial charge in [0.05, 0.1) is 13.0 Å². The smallest absolute Gasteiger partial charge is 0.187 e. The zero-order chi connectivity index (χ0) is 8.97. The summed E-state index contributed by atoms with van der Waals surface area (Å²) in [6.45, 7) is 1.96. The van der Waals surface area contributed by atoms with Crippen LogP contribution in [0.4, 0.5) is 0 Å². The van der Waals surface area contributed by atoms with Gasteiger partial charge in [0.25, 0.3) is 0 Å². The van der Waals surface area contributed by atoms with Gasteiger partial charge in [-0.2, -0.15) is 0 Å². The minimum atomic E-state index is 0.0520. The molecule has 0 aliphatic carbocycles. The van der Waals surface area contributed by atoms with Crippen molar-refractivity contribution >= 4 is 5.90 Å². The Morgan fingerprint density at radius 1 is 1.33 bits per heavy atom. The van der Waals surface area contributed by atoms with E-state index in [2.05, 4.69) is 0 Å². The highest BCUT2D eigenvalue weighted by Crippen LogP contribution is 2.15.